The fourth-order valence-corrected chi connectivity index (χ4v) is 2.64. The summed E-state index contributed by atoms with van der Waals surface area (Å²) < 4.78 is 5.49. The summed E-state index contributed by atoms with van der Waals surface area (Å²) in [6.07, 6.45) is 3.21. The van der Waals surface area contributed by atoms with Crippen molar-refractivity contribution in [3.05, 3.63) is 54.4 Å². The van der Waals surface area contributed by atoms with Crippen LogP contribution in [0.15, 0.2) is 58.4 Å². The number of carboxylic acids is 1. The fourth-order valence-electron chi connectivity index (χ4n) is 2.08. The zero-order valence-corrected chi connectivity index (χ0v) is 14.3. The maximum absolute atomic E-state index is 12.0. The van der Waals surface area contributed by atoms with E-state index >= 15 is 0 Å². The molecule has 8 nitrogen and oxygen atoms in total. The van der Waals surface area contributed by atoms with E-state index in [0.717, 1.165) is 11.8 Å². The van der Waals surface area contributed by atoms with Gasteiger partial charge in [0.25, 0.3) is 5.22 Å². The number of amides is 1. The summed E-state index contributed by atoms with van der Waals surface area (Å²) in [5, 5.41) is 19.6. The van der Waals surface area contributed by atoms with Crippen LogP contribution in [0.1, 0.15) is 5.56 Å². The summed E-state index contributed by atoms with van der Waals surface area (Å²) in [4.78, 5) is 26.6. The number of nitrogens with one attached hydrogen (secondary N) is 1. The Kier molecular flexibility index (Phi) is 5.59. The number of pyridine rings is 1. The van der Waals surface area contributed by atoms with Gasteiger partial charge in [-0.1, -0.05) is 23.9 Å². The molecule has 0 unspecified atom stereocenters. The van der Waals surface area contributed by atoms with Gasteiger partial charge in [0.2, 0.25) is 11.8 Å². The van der Waals surface area contributed by atoms with Crippen LogP contribution in [0.3, 0.4) is 0 Å². The Bertz CT molecular complexity index is 897. The minimum Gasteiger partial charge on any atom is -0.481 e. The fraction of sp³-hybridized carbons (Fsp3) is 0.118. The van der Waals surface area contributed by atoms with Gasteiger partial charge in [-0.15, -0.1) is 10.2 Å². The molecule has 1 amide bonds. The Labute approximate surface area is 152 Å². The molecule has 0 radical (unpaired) electrons. The van der Waals surface area contributed by atoms with E-state index in [9.17, 15) is 9.59 Å². The third kappa shape index (κ3) is 4.90. The van der Waals surface area contributed by atoms with Crippen molar-refractivity contribution in [1.29, 1.82) is 0 Å². The van der Waals surface area contributed by atoms with Crippen LogP contribution in [-0.4, -0.2) is 37.9 Å². The number of benzene rings is 1. The molecule has 0 aliphatic carbocycles. The number of thioether (sulfide) groups is 1. The predicted octanol–water partition coefficient (Wildman–Crippen LogP) is 2.49. The van der Waals surface area contributed by atoms with E-state index < -0.39 is 5.97 Å². The second-order valence-electron chi connectivity index (χ2n) is 5.22. The molecule has 3 aromatic rings. The van der Waals surface area contributed by atoms with E-state index in [1.165, 1.54) is 0 Å². The molecule has 0 atom stereocenters. The monoisotopic (exact) mass is 370 g/mol. The normalized spacial score (nSPS) is 10.5. The number of rotatable bonds is 7. The second-order valence-corrected chi connectivity index (χ2v) is 6.15. The van der Waals surface area contributed by atoms with Crippen molar-refractivity contribution >= 4 is 29.3 Å². The number of carboxylic acid groups (broad SMARTS) is 1. The first-order valence-electron chi connectivity index (χ1n) is 7.57. The maximum Gasteiger partial charge on any atom is 0.307 e. The number of carbonyl (C=O) groups excluding carboxylic acids is 1. The minimum absolute atomic E-state index is 0.0551. The molecule has 0 spiro atoms. The molecule has 2 heterocycles. The lowest BCUT2D eigenvalue weighted by Crippen LogP contribution is -2.14. The van der Waals surface area contributed by atoms with Crippen molar-refractivity contribution in [2.75, 3.05) is 11.1 Å². The number of aliphatic carboxylic acids is 1. The van der Waals surface area contributed by atoms with Gasteiger partial charge >= 0.3 is 5.97 Å². The van der Waals surface area contributed by atoms with Gasteiger partial charge in [0.1, 0.15) is 0 Å². The van der Waals surface area contributed by atoms with Gasteiger partial charge in [-0.05, 0) is 29.8 Å². The number of hydrogen-bond acceptors (Lipinski definition) is 7. The molecule has 0 aliphatic heterocycles. The average molecular weight is 370 g/mol. The van der Waals surface area contributed by atoms with Gasteiger partial charge in [-0.25, -0.2) is 0 Å². The van der Waals surface area contributed by atoms with Crippen LogP contribution in [0.5, 0.6) is 0 Å². The Morgan fingerprint density at radius 1 is 1.15 bits per heavy atom. The largest absolute Gasteiger partial charge is 0.481 e. The summed E-state index contributed by atoms with van der Waals surface area (Å²) in [7, 11) is 0. The number of anilines is 1. The molecular weight excluding hydrogens is 356 g/mol. The molecule has 0 saturated heterocycles. The lowest BCUT2D eigenvalue weighted by atomic mass is 10.1. The zero-order chi connectivity index (χ0) is 18.4. The van der Waals surface area contributed by atoms with Crippen LogP contribution >= 0.6 is 11.8 Å². The van der Waals surface area contributed by atoms with Crippen LogP contribution in [0.25, 0.3) is 11.5 Å². The van der Waals surface area contributed by atoms with Crippen molar-refractivity contribution in [2.45, 2.75) is 11.6 Å². The molecule has 0 fully saturated rings. The van der Waals surface area contributed by atoms with Crippen LogP contribution < -0.4 is 5.32 Å². The third-order valence-corrected chi connectivity index (χ3v) is 4.05. The van der Waals surface area contributed by atoms with E-state index in [4.69, 9.17) is 9.52 Å². The molecule has 1 aromatic carbocycles. The van der Waals surface area contributed by atoms with Crippen LogP contribution in [0.2, 0.25) is 0 Å². The molecule has 0 saturated carbocycles. The zero-order valence-electron chi connectivity index (χ0n) is 13.5. The lowest BCUT2D eigenvalue weighted by Gasteiger charge is -2.05. The highest BCUT2D eigenvalue weighted by molar-refractivity contribution is 7.99. The Morgan fingerprint density at radius 2 is 1.96 bits per heavy atom. The first-order valence-corrected chi connectivity index (χ1v) is 8.56. The van der Waals surface area contributed by atoms with Crippen molar-refractivity contribution in [2.24, 2.45) is 0 Å². The van der Waals surface area contributed by atoms with Gasteiger partial charge < -0.3 is 14.8 Å². The first-order chi connectivity index (χ1) is 12.6. The number of hydrogen-bond donors (Lipinski definition) is 2. The average Bonchev–Trinajstić information content (AvgIpc) is 3.11. The summed E-state index contributed by atoms with van der Waals surface area (Å²) in [6.45, 7) is 0. The summed E-state index contributed by atoms with van der Waals surface area (Å²) >= 11 is 1.12. The number of carbonyl (C=O) groups is 2. The van der Waals surface area contributed by atoms with Gasteiger partial charge in [0, 0.05) is 18.1 Å². The summed E-state index contributed by atoms with van der Waals surface area (Å²) in [6, 6.07) is 10.2. The Morgan fingerprint density at radius 3 is 2.65 bits per heavy atom. The highest BCUT2D eigenvalue weighted by Crippen LogP contribution is 2.22. The second kappa shape index (κ2) is 8.26. The molecule has 0 aliphatic rings. The van der Waals surface area contributed by atoms with Gasteiger partial charge in [0.05, 0.1) is 17.7 Å². The van der Waals surface area contributed by atoms with E-state index in [2.05, 4.69) is 20.5 Å². The first kappa shape index (κ1) is 17.6. The third-order valence-electron chi connectivity index (χ3n) is 3.23. The van der Waals surface area contributed by atoms with Gasteiger partial charge in [0.15, 0.2) is 0 Å². The number of aromatic nitrogens is 3. The van der Waals surface area contributed by atoms with Crippen LogP contribution in [0.4, 0.5) is 5.69 Å². The standard InChI is InChI=1S/C17H14N4O4S/c22-14(19-13-5-3-11(4-6-13)8-15(23)24)10-26-17-21-20-16(25-17)12-2-1-7-18-9-12/h1-7,9H,8,10H2,(H,19,22)(H,23,24). The van der Waals surface area contributed by atoms with Gasteiger partial charge in [-0.2, -0.15) is 0 Å². The van der Waals surface area contributed by atoms with Crippen molar-refractivity contribution in [3.63, 3.8) is 0 Å². The van der Waals surface area contributed by atoms with Crippen molar-refractivity contribution in [1.82, 2.24) is 15.2 Å². The van der Waals surface area contributed by atoms with Crippen molar-refractivity contribution < 1.29 is 19.1 Å². The Hall–Kier alpha value is -3.20. The molecule has 9 heteroatoms. The topological polar surface area (TPSA) is 118 Å². The van der Waals surface area contributed by atoms with E-state index in [1.807, 2.05) is 0 Å². The molecule has 3 rings (SSSR count). The smallest absolute Gasteiger partial charge is 0.307 e. The summed E-state index contributed by atoms with van der Waals surface area (Å²) in [5.41, 5.74) is 1.96. The quantitative estimate of drug-likeness (QED) is 0.609. The maximum atomic E-state index is 12.0. The molecular formula is C17H14N4O4S. The highest BCUT2D eigenvalue weighted by Gasteiger charge is 2.11. The van der Waals surface area contributed by atoms with E-state index in [-0.39, 0.29) is 23.3 Å². The molecule has 2 aromatic heterocycles. The SMILES string of the molecule is O=C(O)Cc1ccc(NC(=O)CSc2nnc(-c3cccnc3)o2)cc1. The van der Waals surface area contributed by atoms with Gasteiger partial charge in [-0.3, -0.25) is 14.6 Å². The Balaban J connectivity index is 1.51. The van der Waals surface area contributed by atoms with E-state index in [0.29, 0.717) is 22.7 Å². The van der Waals surface area contributed by atoms with Crippen LogP contribution in [0, 0.1) is 0 Å². The minimum atomic E-state index is -0.900. The molecule has 132 valence electrons. The van der Waals surface area contributed by atoms with E-state index in [1.54, 1.807) is 48.8 Å². The molecule has 2 N–H and O–H groups in total. The molecule has 26 heavy (non-hydrogen) atoms. The lowest BCUT2D eigenvalue weighted by molar-refractivity contribution is -0.136. The highest BCUT2D eigenvalue weighted by atomic mass is 32.2. The predicted molar refractivity (Wildman–Crippen MR) is 94.7 cm³/mol. The number of nitrogens with zero attached hydrogens (tertiary/aromatic N) is 3. The summed E-state index contributed by atoms with van der Waals surface area (Å²) in [5.74, 6) is -0.688. The van der Waals surface area contributed by atoms with Crippen LogP contribution in [-0.2, 0) is 16.0 Å². The van der Waals surface area contributed by atoms with Crippen molar-refractivity contribution in [3.8, 4) is 11.5 Å². The molecule has 0 bridgehead atoms.